The predicted octanol–water partition coefficient (Wildman–Crippen LogP) is 3.55. The van der Waals surface area contributed by atoms with E-state index in [1.807, 2.05) is 24.3 Å². The number of carbonyl (C=O) groups excluding carboxylic acids is 2. The van der Waals surface area contributed by atoms with Gasteiger partial charge in [0.25, 0.3) is 5.91 Å². The molecule has 2 amide bonds. The molecule has 1 fully saturated rings. The van der Waals surface area contributed by atoms with Gasteiger partial charge in [-0.05, 0) is 60.9 Å². The number of hydrogen-bond acceptors (Lipinski definition) is 6. The van der Waals surface area contributed by atoms with E-state index < -0.39 is 5.92 Å². The molecule has 2 aromatic carbocycles. The Morgan fingerprint density at radius 3 is 2.24 bits per heavy atom. The molecule has 0 radical (unpaired) electrons. The minimum atomic E-state index is -0.514. The van der Waals surface area contributed by atoms with Crippen molar-refractivity contribution < 1.29 is 28.5 Å². The Bertz CT molecular complexity index is 1070. The zero-order valence-electron chi connectivity index (χ0n) is 19.2. The first-order chi connectivity index (χ1) is 16.0. The number of hydrogen-bond donors (Lipinski definition) is 0. The topological polar surface area (TPSA) is 74.3 Å². The van der Waals surface area contributed by atoms with Crippen LogP contribution in [-0.2, 0) is 9.59 Å². The third-order valence-corrected chi connectivity index (χ3v) is 5.29. The molecule has 0 aromatic heterocycles. The molecular weight excluding hydrogens is 422 g/mol. The summed E-state index contributed by atoms with van der Waals surface area (Å²) >= 11 is 0. The second kappa shape index (κ2) is 11.1. The number of carbonyl (C=O) groups is 2. The Hall–Kier alpha value is -3.92. The van der Waals surface area contributed by atoms with E-state index in [-0.39, 0.29) is 11.8 Å². The van der Waals surface area contributed by atoms with Gasteiger partial charge in [-0.3, -0.25) is 14.5 Å². The maximum Gasteiger partial charge on any atom is 0.253 e. The zero-order chi connectivity index (χ0) is 23.8. The van der Waals surface area contributed by atoms with Crippen molar-refractivity contribution in [2.45, 2.75) is 12.8 Å². The first-order valence-electron chi connectivity index (χ1n) is 10.5. The summed E-state index contributed by atoms with van der Waals surface area (Å²) in [4.78, 5) is 26.9. The Kier molecular flexibility index (Phi) is 7.98. The Balaban J connectivity index is 1.73. The summed E-state index contributed by atoms with van der Waals surface area (Å²) in [6.45, 7) is 0.373. The van der Waals surface area contributed by atoms with Crippen molar-refractivity contribution in [3.05, 3.63) is 53.6 Å². The predicted molar refractivity (Wildman–Crippen MR) is 124 cm³/mol. The minimum Gasteiger partial charge on any atom is -0.497 e. The molecule has 33 heavy (non-hydrogen) atoms. The lowest BCUT2D eigenvalue weighted by atomic mass is 9.97. The molecule has 1 aliphatic rings. The summed E-state index contributed by atoms with van der Waals surface area (Å²) in [6, 6.07) is 10.8. The third-order valence-electron chi connectivity index (χ3n) is 5.29. The summed E-state index contributed by atoms with van der Waals surface area (Å²) < 4.78 is 21.1. The van der Waals surface area contributed by atoms with Gasteiger partial charge in [-0.2, -0.15) is 0 Å². The van der Waals surface area contributed by atoms with Crippen LogP contribution in [0.3, 0.4) is 0 Å². The van der Waals surface area contributed by atoms with E-state index in [4.69, 9.17) is 18.9 Å². The van der Waals surface area contributed by atoms with Crippen LogP contribution in [0.15, 0.2) is 42.5 Å². The SMILES string of the molecule is COc1ccc(C#CC2CCCN(C(=O)/C=C/c3cc(OC)c(OC)c(OC)c3)C2=O)cc1. The van der Waals surface area contributed by atoms with E-state index in [1.165, 1.54) is 32.3 Å². The van der Waals surface area contributed by atoms with E-state index in [0.717, 1.165) is 11.3 Å². The van der Waals surface area contributed by atoms with Crippen molar-refractivity contribution in [3.63, 3.8) is 0 Å². The van der Waals surface area contributed by atoms with Crippen molar-refractivity contribution in [2.75, 3.05) is 35.0 Å². The number of likely N-dealkylation sites (tertiary alicyclic amines) is 1. The maximum absolute atomic E-state index is 12.9. The molecule has 1 unspecified atom stereocenters. The van der Waals surface area contributed by atoms with Crippen molar-refractivity contribution in [2.24, 2.45) is 5.92 Å². The van der Waals surface area contributed by atoms with Crippen molar-refractivity contribution in [1.29, 1.82) is 0 Å². The van der Waals surface area contributed by atoms with E-state index in [2.05, 4.69) is 11.8 Å². The lowest BCUT2D eigenvalue weighted by Gasteiger charge is -2.27. The fraction of sp³-hybridized carbons (Fsp3) is 0.308. The van der Waals surface area contributed by atoms with Crippen molar-refractivity contribution in [3.8, 4) is 34.8 Å². The second-order valence-corrected chi connectivity index (χ2v) is 7.31. The van der Waals surface area contributed by atoms with E-state index in [1.54, 1.807) is 25.3 Å². The van der Waals surface area contributed by atoms with Gasteiger partial charge in [0.2, 0.25) is 11.7 Å². The fourth-order valence-corrected chi connectivity index (χ4v) is 3.53. The van der Waals surface area contributed by atoms with Gasteiger partial charge in [0.05, 0.1) is 28.4 Å². The molecule has 2 aromatic rings. The van der Waals surface area contributed by atoms with Gasteiger partial charge in [-0.1, -0.05) is 11.8 Å². The number of rotatable bonds is 6. The lowest BCUT2D eigenvalue weighted by Crippen LogP contribution is -2.43. The van der Waals surface area contributed by atoms with E-state index in [0.29, 0.717) is 42.2 Å². The molecular formula is C26H27NO6. The van der Waals surface area contributed by atoms with Gasteiger partial charge in [-0.15, -0.1) is 0 Å². The Labute approximate surface area is 193 Å². The van der Waals surface area contributed by atoms with Gasteiger partial charge in [0.1, 0.15) is 11.7 Å². The number of nitrogens with zero attached hydrogens (tertiary/aromatic N) is 1. The van der Waals surface area contributed by atoms with E-state index in [9.17, 15) is 9.59 Å². The summed E-state index contributed by atoms with van der Waals surface area (Å²) in [6.07, 6.45) is 4.32. The van der Waals surface area contributed by atoms with E-state index >= 15 is 0 Å². The Morgan fingerprint density at radius 2 is 1.67 bits per heavy atom. The smallest absolute Gasteiger partial charge is 0.253 e. The minimum absolute atomic E-state index is 0.276. The molecule has 1 heterocycles. The summed E-state index contributed by atoms with van der Waals surface area (Å²) in [5.74, 6) is 7.04. The maximum atomic E-state index is 12.9. The fourth-order valence-electron chi connectivity index (χ4n) is 3.53. The van der Waals surface area contributed by atoms with Gasteiger partial charge in [0, 0.05) is 18.2 Å². The highest BCUT2D eigenvalue weighted by molar-refractivity contribution is 6.04. The monoisotopic (exact) mass is 449 g/mol. The third kappa shape index (κ3) is 5.66. The average molecular weight is 450 g/mol. The second-order valence-electron chi connectivity index (χ2n) is 7.31. The molecule has 1 saturated heterocycles. The highest BCUT2D eigenvalue weighted by Gasteiger charge is 2.30. The standard InChI is InChI=1S/C26H27NO6/c1-30-21-12-8-18(9-13-21)7-11-20-6-5-15-27(26(20)29)24(28)14-10-19-16-22(31-2)25(33-4)23(17-19)32-3/h8-10,12-14,16-17,20H,5-6,15H2,1-4H3/b14-10+. The summed E-state index contributed by atoms with van der Waals surface area (Å²) in [5.41, 5.74) is 1.47. The number of methoxy groups -OCH3 is 4. The normalized spacial score (nSPS) is 15.6. The number of imide groups is 1. The molecule has 0 N–H and O–H groups in total. The van der Waals surface area contributed by atoms with Crippen molar-refractivity contribution in [1.82, 2.24) is 4.90 Å². The number of amides is 2. The molecule has 7 heteroatoms. The number of benzene rings is 2. The molecule has 0 bridgehead atoms. The van der Waals surface area contributed by atoms with Crippen LogP contribution in [0.5, 0.6) is 23.0 Å². The summed E-state index contributed by atoms with van der Waals surface area (Å²) in [7, 11) is 6.17. The molecule has 7 nitrogen and oxygen atoms in total. The van der Waals surface area contributed by atoms with Crippen LogP contribution in [-0.4, -0.2) is 51.7 Å². The Morgan fingerprint density at radius 1 is 1.00 bits per heavy atom. The highest BCUT2D eigenvalue weighted by Crippen LogP contribution is 2.38. The van der Waals surface area contributed by atoms with Crippen LogP contribution < -0.4 is 18.9 Å². The van der Waals surface area contributed by atoms with Gasteiger partial charge >= 0.3 is 0 Å². The van der Waals surface area contributed by atoms with Crippen LogP contribution in [0.4, 0.5) is 0 Å². The van der Waals surface area contributed by atoms with Crippen molar-refractivity contribution >= 4 is 17.9 Å². The first-order valence-corrected chi connectivity index (χ1v) is 10.5. The summed E-state index contributed by atoms with van der Waals surface area (Å²) in [5, 5.41) is 0. The molecule has 0 aliphatic carbocycles. The molecule has 0 saturated carbocycles. The van der Waals surface area contributed by atoms with Crippen LogP contribution in [0, 0.1) is 17.8 Å². The first kappa shape index (κ1) is 23.7. The largest absolute Gasteiger partial charge is 0.497 e. The number of ether oxygens (including phenoxy) is 4. The van der Waals surface area contributed by atoms with Crippen LogP contribution in [0.2, 0.25) is 0 Å². The lowest BCUT2D eigenvalue weighted by molar-refractivity contribution is -0.145. The van der Waals surface area contributed by atoms with Gasteiger partial charge in [0.15, 0.2) is 11.5 Å². The van der Waals surface area contributed by atoms with Gasteiger partial charge < -0.3 is 18.9 Å². The van der Waals surface area contributed by atoms with Crippen LogP contribution in [0.1, 0.15) is 24.0 Å². The van der Waals surface area contributed by atoms with Crippen LogP contribution in [0.25, 0.3) is 6.08 Å². The molecule has 0 spiro atoms. The molecule has 3 rings (SSSR count). The zero-order valence-corrected chi connectivity index (χ0v) is 19.2. The molecule has 1 atom stereocenters. The molecule has 172 valence electrons. The number of piperidine rings is 1. The highest BCUT2D eigenvalue weighted by atomic mass is 16.5. The quantitative estimate of drug-likeness (QED) is 0.496. The average Bonchev–Trinajstić information content (AvgIpc) is 2.86. The van der Waals surface area contributed by atoms with Crippen LogP contribution >= 0.6 is 0 Å². The van der Waals surface area contributed by atoms with Gasteiger partial charge in [-0.25, -0.2) is 0 Å². The molecule has 1 aliphatic heterocycles.